The number of amides is 1. The number of aliphatic hydroxyl groups excluding tert-OH is 1. The lowest BCUT2D eigenvalue weighted by Crippen LogP contribution is -2.29. The summed E-state index contributed by atoms with van der Waals surface area (Å²) < 4.78 is 23.6. The first-order valence-electron chi connectivity index (χ1n) is 13.2. The molecule has 1 unspecified atom stereocenters. The van der Waals surface area contributed by atoms with E-state index in [1.807, 2.05) is 6.92 Å². The number of Topliss-reactive ketones (excluding diaryl/α,β-unsaturated/α-hetero) is 1. The molecule has 214 valence electrons. The molecule has 11 heteroatoms. The highest BCUT2D eigenvalue weighted by molar-refractivity contribution is 7.22. The van der Waals surface area contributed by atoms with Crippen LogP contribution in [0, 0.1) is 0 Å². The molecule has 1 fully saturated rings. The summed E-state index contributed by atoms with van der Waals surface area (Å²) in [4.78, 5) is 33.3. The number of carbonyl (C=O) groups is 2. The van der Waals surface area contributed by atoms with E-state index in [1.54, 1.807) is 60.7 Å². The first-order valence-corrected chi connectivity index (χ1v) is 14.4. The van der Waals surface area contributed by atoms with Crippen molar-refractivity contribution in [2.45, 2.75) is 13.0 Å². The Morgan fingerprint density at radius 1 is 1.10 bits per heavy atom. The van der Waals surface area contributed by atoms with Crippen LogP contribution in [0.25, 0.3) is 16.0 Å². The molecule has 2 aliphatic heterocycles. The van der Waals surface area contributed by atoms with Gasteiger partial charge in [-0.05, 0) is 61.0 Å². The van der Waals surface area contributed by atoms with Gasteiger partial charge in [-0.15, -0.1) is 0 Å². The second-order valence-electron chi connectivity index (χ2n) is 9.37. The van der Waals surface area contributed by atoms with Gasteiger partial charge in [-0.3, -0.25) is 14.5 Å². The van der Waals surface area contributed by atoms with Gasteiger partial charge < -0.3 is 24.1 Å². The third kappa shape index (κ3) is 4.93. The fourth-order valence-corrected chi connectivity index (χ4v) is 6.18. The van der Waals surface area contributed by atoms with Crippen molar-refractivity contribution in [1.29, 1.82) is 0 Å². The number of nitrogens with zero attached hydrogens (tertiary/aromatic N) is 2. The van der Waals surface area contributed by atoms with Crippen LogP contribution in [0.5, 0.6) is 23.0 Å². The van der Waals surface area contributed by atoms with Gasteiger partial charge in [0.2, 0.25) is 0 Å². The quantitative estimate of drug-likeness (QED) is 0.108. The predicted octanol–water partition coefficient (Wildman–Crippen LogP) is 6.31. The van der Waals surface area contributed by atoms with Crippen molar-refractivity contribution >= 4 is 55.7 Å². The largest absolute Gasteiger partial charge is 0.507 e. The minimum atomic E-state index is -1.03. The number of fused-ring (bicyclic) bond motifs is 2. The maximum Gasteiger partial charge on any atom is 0.301 e. The van der Waals surface area contributed by atoms with Crippen LogP contribution in [-0.4, -0.2) is 48.2 Å². The number of halogens is 1. The fourth-order valence-electron chi connectivity index (χ4n) is 4.91. The van der Waals surface area contributed by atoms with Gasteiger partial charge in [0, 0.05) is 10.6 Å². The van der Waals surface area contributed by atoms with Gasteiger partial charge in [0.15, 0.2) is 28.1 Å². The van der Waals surface area contributed by atoms with Gasteiger partial charge in [-0.1, -0.05) is 41.7 Å². The lowest BCUT2D eigenvalue weighted by molar-refractivity contribution is -0.132. The Bertz CT molecular complexity index is 1770. The summed E-state index contributed by atoms with van der Waals surface area (Å²) in [6.45, 7) is 6.90. The van der Waals surface area contributed by atoms with Gasteiger partial charge in [0.1, 0.15) is 25.6 Å². The molecule has 0 aliphatic carbocycles. The zero-order chi connectivity index (χ0) is 29.4. The SMILES string of the molecule is C=CCOc1ccc(C2/C(=C(\O)c3ccc4c(c3)OCCO4)C(=O)C(=O)N2c2nc3ccc(Cl)cc3s2)cc1OCC. The zero-order valence-electron chi connectivity index (χ0n) is 22.5. The van der Waals surface area contributed by atoms with E-state index in [0.29, 0.717) is 64.5 Å². The number of aliphatic hydroxyl groups is 1. The van der Waals surface area contributed by atoms with Crippen molar-refractivity contribution in [1.82, 2.24) is 4.98 Å². The number of hydrogen-bond acceptors (Lipinski definition) is 9. The molecule has 9 nitrogen and oxygen atoms in total. The van der Waals surface area contributed by atoms with Crippen molar-refractivity contribution in [2.75, 3.05) is 31.3 Å². The minimum absolute atomic E-state index is 0.101. The minimum Gasteiger partial charge on any atom is -0.507 e. The summed E-state index contributed by atoms with van der Waals surface area (Å²) in [5.74, 6) is -0.187. The van der Waals surface area contributed by atoms with Crippen LogP contribution in [-0.2, 0) is 9.59 Å². The number of ketones is 1. The van der Waals surface area contributed by atoms with E-state index in [4.69, 9.17) is 30.5 Å². The first-order chi connectivity index (χ1) is 20.4. The maximum atomic E-state index is 13.7. The Labute approximate surface area is 250 Å². The maximum absolute atomic E-state index is 13.7. The standard InChI is InChI=1S/C31H25ClN2O7S/c1-3-11-39-21-9-5-17(14-23(21)38-4-2)27-26(28(35)18-6-10-22-24(15-18)41-13-12-40-22)29(36)30(37)34(27)31-33-20-8-7-19(32)16-25(20)42-31/h3,5-10,14-16,27,35H,1,4,11-13H2,2H3/b28-26+. The topological polar surface area (TPSA) is 107 Å². The summed E-state index contributed by atoms with van der Waals surface area (Å²) in [6, 6.07) is 14.2. The number of aromatic nitrogens is 1. The van der Waals surface area contributed by atoms with Crippen molar-refractivity contribution in [3.05, 3.63) is 89.0 Å². The van der Waals surface area contributed by atoms with Crippen LogP contribution in [0.4, 0.5) is 5.13 Å². The first kappa shape index (κ1) is 27.6. The van der Waals surface area contributed by atoms with Crippen LogP contribution in [0.1, 0.15) is 24.1 Å². The number of thiazole rings is 1. The second-order valence-corrected chi connectivity index (χ2v) is 10.8. The highest BCUT2D eigenvalue weighted by Gasteiger charge is 2.48. The fraction of sp³-hybridized carbons (Fsp3) is 0.194. The predicted molar refractivity (Wildman–Crippen MR) is 160 cm³/mol. The van der Waals surface area contributed by atoms with E-state index in [1.165, 1.54) is 16.2 Å². The molecule has 1 amide bonds. The van der Waals surface area contributed by atoms with Gasteiger partial charge in [-0.2, -0.15) is 0 Å². The van der Waals surface area contributed by atoms with E-state index >= 15 is 0 Å². The van der Waals surface area contributed by atoms with E-state index in [-0.39, 0.29) is 23.1 Å². The Balaban J connectivity index is 1.54. The summed E-state index contributed by atoms with van der Waals surface area (Å²) in [5.41, 5.74) is 1.33. The Kier molecular flexibility index (Phi) is 7.49. The highest BCUT2D eigenvalue weighted by atomic mass is 35.5. The number of ether oxygens (including phenoxy) is 4. The van der Waals surface area contributed by atoms with E-state index in [0.717, 1.165) is 4.70 Å². The van der Waals surface area contributed by atoms with Gasteiger partial charge >= 0.3 is 5.91 Å². The number of rotatable bonds is 8. The van der Waals surface area contributed by atoms with Crippen LogP contribution in [0.3, 0.4) is 0 Å². The molecule has 3 heterocycles. The van der Waals surface area contributed by atoms with E-state index in [2.05, 4.69) is 11.6 Å². The second kappa shape index (κ2) is 11.4. The highest BCUT2D eigenvalue weighted by Crippen LogP contribution is 2.46. The zero-order valence-corrected chi connectivity index (χ0v) is 24.0. The van der Waals surface area contributed by atoms with Gasteiger partial charge in [0.25, 0.3) is 5.78 Å². The lowest BCUT2D eigenvalue weighted by atomic mass is 9.95. The molecular formula is C31H25ClN2O7S. The van der Waals surface area contributed by atoms with Crippen LogP contribution >= 0.6 is 22.9 Å². The molecule has 4 aromatic rings. The normalized spacial score (nSPS) is 17.5. The van der Waals surface area contributed by atoms with Crippen molar-refractivity contribution in [3.8, 4) is 23.0 Å². The monoisotopic (exact) mass is 604 g/mol. The molecule has 0 spiro atoms. The van der Waals surface area contributed by atoms with Gasteiger partial charge in [-0.25, -0.2) is 4.98 Å². The molecular weight excluding hydrogens is 580 g/mol. The molecule has 6 rings (SSSR count). The molecule has 2 aliphatic rings. The van der Waals surface area contributed by atoms with Crippen molar-refractivity contribution < 1.29 is 33.6 Å². The molecule has 1 aromatic heterocycles. The number of hydrogen-bond donors (Lipinski definition) is 1. The van der Waals surface area contributed by atoms with Crippen LogP contribution in [0.2, 0.25) is 5.02 Å². The lowest BCUT2D eigenvalue weighted by Gasteiger charge is -2.24. The van der Waals surface area contributed by atoms with Crippen molar-refractivity contribution in [3.63, 3.8) is 0 Å². The molecule has 0 radical (unpaired) electrons. The smallest absolute Gasteiger partial charge is 0.301 e. The molecule has 0 saturated carbocycles. The van der Waals surface area contributed by atoms with Gasteiger partial charge in [0.05, 0.1) is 28.4 Å². The van der Waals surface area contributed by atoms with Crippen LogP contribution < -0.4 is 23.8 Å². The average molecular weight is 605 g/mol. The van der Waals surface area contributed by atoms with E-state index in [9.17, 15) is 14.7 Å². The Hall–Kier alpha value is -4.54. The molecule has 1 atom stereocenters. The summed E-state index contributed by atoms with van der Waals surface area (Å²) in [7, 11) is 0. The number of carbonyl (C=O) groups excluding carboxylic acids is 2. The van der Waals surface area contributed by atoms with E-state index < -0.39 is 17.7 Å². The molecule has 1 N–H and O–H groups in total. The van der Waals surface area contributed by atoms with Crippen molar-refractivity contribution in [2.24, 2.45) is 0 Å². The Morgan fingerprint density at radius 2 is 1.90 bits per heavy atom. The number of anilines is 1. The Morgan fingerprint density at radius 3 is 2.69 bits per heavy atom. The summed E-state index contributed by atoms with van der Waals surface area (Å²) >= 11 is 7.42. The molecule has 0 bridgehead atoms. The third-order valence-electron chi connectivity index (χ3n) is 6.75. The molecule has 3 aromatic carbocycles. The third-order valence-corrected chi connectivity index (χ3v) is 8.00. The molecule has 1 saturated heterocycles. The average Bonchev–Trinajstić information content (AvgIpc) is 3.53. The summed E-state index contributed by atoms with van der Waals surface area (Å²) in [6.07, 6.45) is 1.62. The molecule has 42 heavy (non-hydrogen) atoms. The van der Waals surface area contributed by atoms with Crippen LogP contribution in [0.15, 0.2) is 72.8 Å². The summed E-state index contributed by atoms with van der Waals surface area (Å²) in [5, 5.41) is 12.4. The number of benzene rings is 3.